The molecule has 3 heterocycles. The molecule has 3 aliphatic rings. The van der Waals surface area contributed by atoms with E-state index in [1.54, 1.807) is 0 Å². The lowest BCUT2D eigenvalue weighted by Crippen LogP contribution is -2.56. The van der Waals surface area contributed by atoms with Gasteiger partial charge < -0.3 is 9.47 Å². The summed E-state index contributed by atoms with van der Waals surface area (Å²) < 4.78 is 12.3. The second-order valence-corrected chi connectivity index (χ2v) is 8.05. The van der Waals surface area contributed by atoms with Crippen LogP contribution in [-0.2, 0) is 16.0 Å². The topological polar surface area (TPSA) is 34.6 Å². The Bertz CT molecular complexity index is 560. The van der Waals surface area contributed by atoms with E-state index in [0.29, 0.717) is 6.10 Å². The van der Waals surface area contributed by atoms with Crippen LogP contribution in [0.15, 0.2) is 18.2 Å². The van der Waals surface area contributed by atoms with E-state index in [1.165, 1.54) is 31.4 Å². The molecule has 3 fully saturated rings. The highest BCUT2D eigenvalue weighted by Crippen LogP contribution is 2.41. The summed E-state index contributed by atoms with van der Waals surface area (Å²) in [5.74, 6) is 0.834. The fourth-order valence-corrected chi connectivity index (χ4v) is 4.36. The lowest BCUT2D eigenvalue weighted by molar-refractivity contribution is -0.154. The van der Waals surface area contributed by atoms with Crippen molar-refractivity contribution in [1.82, 2.24) is 9.88 Å². The van der Waals surface area contributed by atoms with E-state index < -0.39 is 0 Å². The Balaban J connectivity index is 1.41. The number of hydrogen-bond donors (Lipinski definition) is 0. The largest absolute Gasteiger partial charge is 0.380 e. The van der Waals surface area contributed by atoms with Crippen LogP contribution in [0.3, 0.4) is 0 Å². The van der Waals surface area contributed by atoms with Crippen LogP contribution in [-0.4, -0.2) is 48.9 Å². The zero-order valence-electron chi connectivity index (χ0n) is 14.9. The smallest absolute Gasteiger partial charge is 0.0677 e. The van der Waals surface area contributed by atoms with E-state index in [1.807, 2.05) is 0 Å². The highest BCUT2D eigenvalue weighted by Gasteiger charge is 2.46. The number of ether oxygens (including phenoxy) is 2. The summed E-state index contributed by atoms with van der Waals surface area (Å²) in [5, 5.41) is 0. The molecule has 2 aliphatic heterocycles. The summed E-state index contributed by atoms with van der Waals surface area (Å²) in [4.78, 5) is 7.25. The van der Waals surface area contributed by atoms with Crippen LogP contribution in [0.4, 0.5) is 0 Å². The molecule has 24 heavy (non-hydrogen) atoms. The predicted molar refractivity (Wildman–Crippen MR) is 93.8 cm³/mol. The zero-order chi connectivity index (χ0) is 16.4. The second kappa shape index (κ2) is 7.11. The molecule has 0 radical (unpaired) electrons. The Morgan fingerprint density at radius 3 is 3.08 bits per heavy atom. The Morgan fingerprint density at radius 2 is 2.25 bits per heavy atom. The number of aromatic nitrogens is 1. The minimum Gasteiger partial charge on any atom is -0.380 e. The van der Waals surface area contributed by atoms with E-state index in [-0.39, 0.29) is 5.41 Å². The summed E-state index contributed by atoms with van der Waals surface area (Å²) in [7, 11) is 0. The molecule has 1 aromatic rings. The predicted octanol–water partition coefficient (Wildman–Crippen LogP) is 3.19. The second-order valence-electron chi connectivity index (χ2n) is 8.05. The van der Waals surface area contributed by atoms with Crippen molar-refractivity contribution in [3.63, 3.8) is 0 Å². The highest BCUT2D eigenvalue weighted by molar-refractivity contribution is 5.10. The summed E-state index contributed by atoms with van der Waals surface area (Å²) in [6.45, 7) is 7.94. The third-order valence-electron chi connectivity index (χ3n) is 5.84. The van der Waals surface area contributed by atoms with Crippen molar-refractivity contribution in [3.8, 4) is 0 Å². The van der Waals surface area contributed by atoms with Gasteiger partial charge in [0, 0.05) is 44.0 Å². The fraction of sp³-hybridized carbons (Fsp3) is 0.750. The molecule has 0 bridgehead atoms. The number of pyridine rings is 1. The van der Waals surface area contributed by atoms with Gasteiger partial charge in [-0.3, -0.25) is 9.88 Å². The van der Waals surface area contributed by atoms with Crippen molar-refractivity contribution < 1.29 is 9.47 Å². The lowest BCUT2D eigenvalue weighted by atomic mass is 9.73. The maximum atomic E-state index is 6.15. The number of rotatable bonds is 6. The molecule has 0 amide bonds. The van der Waals surface area contributed by atoms with Crippen LogP contribution in [0, 0.1) is 18.3 Å². The molecule has 4 rings (SSSR count). The first-order valence-electron chi connectivity index (χ1n) is 9.58. The van der Waals surface area contributed by atoms with Crippen molar-refractivity contribution in [1.29, 1.82) is 0 Å². The van der Waals surface area contributed by atoms with Crippen molar-refractivity contribution in [2.45, 2.75) is 51.7 Å². The SMILES string of the molecule is Cc1cccc(CN2CC[C@@H]3OCCC[C@@]3(COCC3CC3)C2)n1. The first kappa shape index (κ1) is 16.5. The highest BCUT2D eigenvalue weighted by atomic mass is 16.5. The average Bonchev–Trinajstić information content (AvgIpc) is 3.39. The number of nitrogens with zero attached hydrogens (tertiary/aromatic N) is 2. The quantitative estimate of drug-likeness (QED) is 0.802. The first-order valence-corrected chi connectivity index (χ1v) is 9.58. The zero-order valence-corrected chi connectivity index (χ0v) is 14.9. The standard InChI is InChI=1S/C20H30N2O2/c1-16-4-2-5-18(21-16)12-22-10-8-19-20(14-22,9-3-11-24-19)15-23-13-17-6-7-17/h2,4-5,17,19H,3,6-15H2,1H3/t19-,20-/m0/s1. The molecule has 1 aromatic heterocycles. The molecule has 0 spiro atoms. The molecule has 2 atom stereocenters. The monoisotopic (exact) mass is 330 g/mol. The van der Waals surface area contributed by atoms with Crippen LogP contribution in [0.2, 0.25) is 0 Å². The van der Waals surface area contributed by atoms with Gasteiger partial charge in [0.05, 0.1) is 18.4 Å². The van der Waals surface area contributed by atoms with Crippen LogP contribution in [0.1, 0.15) is 43.5 Å². The van der Waals surface area contributed by atoms with Gasteiger partial charge in [0.1, 0.15) is 0 Å². The van der Waals surface area contributed by atoms with E-state index in [4.69, 9.17) is 9.47 Å². The van der Waals surface area contributed by atoms with Gasteiger partial charge >= 0.3 is 0 Å². The molecule has 0 N–H and O–H groups in total. The minimum absolute atomic E-state index is 0.190. The molecule has 0 aromatic carbocycles. The number of piperidine rings is 1. The molecule has 4 nitrogen and oxygen atoms in total. The van der Waals surface area contributed by atoms with Crippen LogP contribution in [0.5, 0.6) is 0 Å². The molecule has 0 unspecified atom stereocenters. The number of fused-ring (bicyclic) bond motifs is 1. The van der Waals surface area contributed by atoms with Gasteiger partial charge in [0.25, 0.3) is 0 Å². The Kier molecular flexibility index (Phi) is 4.88. The van der Waals surface area contributed by atoms with Gasteiger partial charge in [0.2, 0.25) is 0 Å². The van der Waals surface area contributed by atoms with Gasteiger partial charge in [-0.25, -0.2) is 0 Å². The molecule has 1 saturated carbocycles. The third-order valence-corrected chi connectivity index (χ3v) is 5.84. The summed E-state index contributed by atoms with van der Waals surface area (Å²) in [6.07, 6.45) is 6.63. The molecule has 2 saturated heterocycles. The van der Waals surface area contributed by atoms with Crippen molar-refractivity contribution >= 4 is 0 Å². The van der Waals surface area contributed by atoms with E-state index in [2.05, 4.69) is 35.0 Å². The third kappa shape index (κ3) is 3.81. The Morgan fingerprint density at radius 1 is 1.33 bits per heavy atom. The number of hydrogen-bond acceptors (Lipinski definition) is 4. The van der Waals surface area contributed by atoms with Gasteiger partial charge in [-0.1, -0.05) is 6.07 Å². The summed E-state index contributed by atoms with van der Waals surface area (Å²) in [6, 6.07) is 6.33. The Hall–Kier alpha value is -0.970. The number of likely N-dealkylation sites (tertiary alicyclic amines) is 1. The summed E-state index contributed by atoms with van der Waals surface area (Å²) >= 11 is 0. The van der Waals surface area contributed by atoms with Crippen molar-refractivity contribution in [3.05, 3.63) is 29.6 Å². The minimum atomic E-state index is 0.190. The molecule has 4 heteroatoms. The normalized spacial score (nSPS) is 31.0. The maximum Gasteiger partial charge on any atom is 0.0677 e. The fourth-order valence-electron chi connectivity index (χ4n) is 4.36. The van der Waals surface area contributed by atoms with Gasteiger partial charge in [-0.15, -0.1) is 0 Å². The molecule has 132 valence electrons. The molecular formula is C20H30N2O2. The van der Waals surface area contributed by atoms with Gasteiger partial charge in [-0.2, -0.15) is 0 Å². The van der Waals surface area contributed by atoms with Crippen molar-refractivity contribution in [2.24, 2.45) is 11.3 Å². The van der Waals surface area contributed by atoms with Gasteiger partial charge in [-0.05, 0) is 57.1 Å². The van der Waals surface area contributed by atoms with Crippen LogP contribution >= 0.6 is 0 Å². The lowest BCUT2D eigenvalue weighted by Gasteiger charge is -2.50. The molecule has 1 aliphatic carbocycles. The average molecular weight is 330 g/mol. The van der Waals surface area contributed by atoms with E-state index in [9.17, 15) is 0 Å². The van der Waals surface area contributed by atoms with Crippen molar-refractivity contribution in [2.75, 3.05) is 32.9 Å². The Labute approximate surface area is 145 Å². The molecular weight excluding hydrogens is 300 g/mol. The van der Waals surface area contributed by atoms with E-state index >= 15 is 0 Å². The van der Waals surface area contributed by atoms with Crippen LogP contribution in [0.25, 0.3) is 0 Å². The van der Waals surface area contributed by atoms with Crippen LogP contribution < -0.4 is 0 Å². The maximum absolute atomic E-state index is 6.15. The summed E-state index contributed by atoms with van der Waals surface area (Å²) in [5.41, 5.74) is 2.47. The van der Waals surface area contributed by atoms with Gasteiger partial charge in [0.15, 0.2) is 0 Å². The first-order chi connectivity index (χ1) is 11.7. The van der Waals surface area contributed by atoms with E-state index in [0.717, 1.165) is 57.5 Å². The number of aryl methyl sites for hydroxylation is 1.